The van der Waals surface area contributed by atoms with Crippen LogP contribution in [0.2, 0.25) is 0 Å². The Labute approximate surface area is 227 Å². The van der Waals surface area contributed by atoms with Crippen molar-refractivity contribution in [2.45, 2.75) is 50.9 Å². The van der Waals surface area contributed by atoms with Gasteiger partial charge in [0.1, 0.15) is 22.7 Å². The third-order valence-corrected chi connectivity index (χ3v) is 7.67. The first-order valence-corrected chi connectivity index (χ1v) is 14.9. The van der Waals surface area contributed by atoms with Crippen LogP contribution in [-0.4, -0.2) is 49.1 Å². The van der Waals surface area contributed by atoms with Gasteiger partial charge in [-0.05, 0) is 50.3 Å². The fraction of sp³-hybridized carbons (Fsp3) is 0.440. The lowest BCUT2D eigenvalue weighted by atomic mass is 10.0. The Bertz CT molecular complexity index is 1480. The highest BCUT2D eigenvalue weighted by atomic mass is 32.2. The third kappa shape index (κ3) is 7.81. The van der Waals surface area contributed by atoms with Crippen LogP contribution in [0, 0.1) is 0 Å². The highest BCUT2D eigenvalue weighted by molar-refractivity contribution is 7.88. The fourth-order valence-corrected chi connectivity index (χ4v) is 5.58. The number of aliphatic hydroxyl groups excluding tert-OH is 1. The molecule has 9 nitrogen and oxygen atoms in total. The van der Waals surface area contributed by atoms with Gasteiger partial charge < -0.3 is 19.6 Å². The molecule has 1 aliphatic rings. The van der Waals surface area contributed by atoms with Crippen molar-refractivity contribution in [3.63, 3.8) is 0 Å². The van der Waals surface area contributed by atoms with Crippen molar-refractivity contribution >= 4 is 21.4 Å². The van der Waals surface area contributed by atoms with Crippen molar-refractivity contribution in [3.05, 3.63) is 51.3 Å². The number of nitrogens with one attached hydrogen (secondary N) is 2. The molecule has 0 bridgehead atoms. The Hall–Kier alpha value is -2.94. The van der Waals surface area contributed by atoms with Gasteiger partial charge >= 0.3 is 6.18 Å². The lowest BCUT2D eigenvalue weighted by molar-refractivity contribution is -0.136. The van der Waals surface area contributed by atoms with Crippen molar-refractivity contribution in [1.82, 2.24) is 14.7 Å². The average molecular weight is 588 g/mol. The van der Waals surface area contributed by atoms with E-state index in [4.69, 9.17) is 9.47 Å². The minimum atomic E-state index is -4.26. The molecule has 1 aromatic carbocycles. The summed E-state index contributed by atoms with van der Waals surface area (Å²) in [5, 5.41) is 11.1. The average Bonchev–Trinajstić information content (AvgIpc) is 3.56. The normalized spacial score (nSPS) is 14.8. The number of H-pyrrole nitrogens is 1. The molecule has 3 aromatic rings. The zero-order valence-electron chi connectivity index (χ0n) is 21.2. The maximum atomic E-state index is 13.2. The van der Waals surface area contributed by atoms with Crippen LogP contribution in [0.5, 0.6) is 11.5 Å². The molecule has 0 spiro atoms. The molecule has 1 unspecified atom stereocenters. The van der Waals surface area contributed by atoms with E-state index in [-0.39, 0.29) is 30.8 Å². The number of hydrogen-bond donors (Lipinski definition) is 3. The monoisotopic (exact) mass is 587 g/mol. The van der Waals surface area contributed by atoms with E-state index in [1.54, 1.807) is 31.3 Å². The number of hydrogen-bond acceptors (Lipinski definition) is 8. The molecule has 0 radical (unpaired) electrons. The van der Waals surface area contributed by atoms with Gasteiger partial charge in [-0.3, -0.25) is 4.79 Å². The van der Waals surface area contributed by atoms with Gasteiger partial charge in [0.05, 0.1) is 30.7 Å². The van der Waals surface area contributed by atoms with Crippen LogP contribution in [0.25, 0.3) is 21.8 Å². The second kappa shape index (κ2) is 11.7. The van der Waals surface area contributed by atoms with Gasteiger partial charge in [-0.15, -0.1) is 11.3 Å². The molecule has 2 aromatic heterocycles. The molecule has 14 heteroatoms. The largest absolute Gasteiger partial charge is 0.493 e. The molecule has 4 rings (SSSR count). The van der Waals surface area contributed by atoms with Crippen LogP contribution < -0.4 is 19.8 Å². The minimum absolute atomic E-state index is 0.140. The quantitative estimate of drug-likeness (QED) is 0.207. The number of halogens is 3. The number of rotatable bonds is 12. The van der Waals surface area contributed by atoms with Crippen LogP contribution in [0.1, 0.15) is 55.2 Å². The molecule has 1 atom stereocenters. The predicted octanol–water partition coefficient (Wildman–Crippen LogP) is 4.70. The Morgan fingerprint density at radius 3 is 2.62 bits per heavy atom. The Morgan fingerprint density at radius 2 is 1.97 bits per heavy atom. The predicted molar refractivity (Wildman–Crippen MR) is 140 cm³/mol. The number of alkyl halides is 3. The van der Waals surface area contributed by atoms with Gasteiger partial charge in [0.15, 0.2) is 0 Å². The van der Waals surface area contributed by atoms with Gasteiger partial charge in [0, 0.05) is 34.7 Å². The van der Waals surface area contributed by atoms with Crippen molar-refractivity contribution in [1.29, 1.82) is 0 Å². The zero-order chi connectivity index (χ0) is 28.4. The minimum Gasteiger partial charge on any atom is -0.493 e. The van der Waals surface area contributed by atoms with Crippen LogP contribution >= 0.6 is 11.3 Å². The Kier molecular flexibility index (Phi) is 8.69. The van der Waals surface area contributed by atoms with Crippen molar-refractivity contribution in [2.24, 2.45) is 0 Å². The SMILES string of the molecule is CCOc1cc(OCCCC(F)(F)F)ccc1-c1cc(-c2ncc(C3CC3)s2)c(C(O)NS(C)(=O)=O)c(=O)[nH]1. The molecule has 3 N–H and O–H groups in total. The highest BCUT2D eigenvalue weighted by Crippen LogP contribution is 2.45. The van der Waals surface area contributed by atoms with E-state index in [0.29, 0.717) is 33.7 Å². The number of nitrogens with zero attached hydrogens (tertiary/aromatic N) is 1. The summed E-state index contributed by atoms with van der Waals surface area (Å²) in [7, 11) is -3.85. The summed E-state index contributed by atoms with van der Waals surface area (Å²) in [5.74, 6) is 1.01. The van der Waals surface area contributed by atoms with Gasteiger partial charge in [0.2, 0.25) is 10.0 Å². The van der Waals surface area contributed by atoms with Gasteiger partial charge in [0.25, 0.3) is 5.56 Å². The number of aromatic nitrogens is 2. The molecule has 1 fully saturated rings. The van der Waals surface area contributed by atoms with Gasteiger partial charge in [-0.25, -0.2) is 13.4 Å². The molecule has 39 heavy (non-hydrogen) atoms. The standard InChI is InChI=1S/C25H28F3N3O6S2/c1-3-36-19-11-15(37-10-4-9-25(26,27)28)7-8-16(19)18-12-17(24-29-13-20(38-24)14-5-6-14)21(22(32)30-18)23(33)31-39(2,34)35/h7-8,11-14,23,31,33H,3-6,9-10H2,1-2H3,(H,30,32). The summed E-state index contributed by atoms with van der Waals surface area (Å²) in [6.07, 6.45) is -2.58. The molecule has 1 aliphatic carbocycles. The van der Waals surface area contributed by atoms with E-state index in [0.717, 1.165) is 24.0 Å². The van der Waals surface area contributed by atoms with Crippen molar-refractivity contribution in [2.75, 3.05) is 19.5 Å². The molecule has 2 heterocycles. The number of pyridine rings is 1. The zero-order valence-corrected chi connectivity index (χ0v) is 22.8. The summed E-state index contributed by atoms with van der Waals surface area (Å²) < 4.78 is 74.0. The molecule has 1 saturated carbocycles. The topological polar surface area (TPSA) is 131 Å². The first kappa shape index (κ1) is 29.1. The number of ether oxygens (including phenoxy) is 2. The summed E-state index contributed by atoms with van der Waals surface area (Å²) in [5.41, 5.74) is 0.0754. The maximum absolute atomic E-state index is 13.2. The smallest absolute Gasteiger partial charge is 0.389 e. The molecule has 0 saturated heterocycles. The first-order chi connectivity index (χ1) is 18.3. The van der Waals surface area contributed by atoms with E-state index in [2.05, 4.69) is 9.97 Å². The van der Waals surface area contributed by atoms with Crippen LogP contribution in [0.15, 0.2) is 35.3 Å². The lowest BCUT2D eigenvalue weighted by Gasteiger charge is -2.17. The number of aromatic amines is 1. The number of benzene rings is 1. The van der Waals surface area contributed by atoms with E-state index in [1.165, 1.54) is 17.4 Å². The summed E-state index contributed by atoms with van der Waals surface area (Å²) in [4.78, 5) is 21.4. The molecular weight excluding hydrogens is 559 g/mol. The van der Waals surface area contributed by atoms with Crippen LogP contribution in [-0.2, 0) is 10.0 Å². The second-order valence-corrected chi connectivity index (χ2v) is 12.0. The summed E-state index contributed by atoms with van der Waals surface area (Å²) in [6, 6.07) is 6.25. The number of aliphatic hydroxyl groups is 1. The van der Waals surface area contributed by atoms with E-state index in [9.17, 15) is 31.5 Å². The molecule has 212 valence electrons. The number of thiazole rings is 1. The maximum Gasteiger partial charge on any atom is 0.389 e. The van der Waals surface area contributed by atoms with E-state index in [1.807, 2.05) is 4.72 Å². The van der Waals surface area contributed by atoms with E-state index < -0.39 is 34.4 Å². The highest BCUT2D eigenvalue weighted by Gasteiger charge is 2.29. The second-order valence-electron chi connectivity index (χ2n) is 9.13. The van der Waals surface area contributed by atoms with Crippen LogP contribution in [0.3, 0.4) is 0 Å². The number of sulfonamides is 1. The summed E-state index contributed by atoms with van der Waals surface area (Å²) >= 11 is 1.36. The Morgan fingerprint density at radius 1 is 1.23 bits per heavy atom. The van der Waals surface area contributed by atoms with Crippen molar-refractivity contribution < 1.29 is 36.2 Å². The van der Waals surface area contributed by atoms with Gasteiger partial charge in [-0.2, -0.15) is 17.9 Å². The van der Waals surface area contributed by atoms with Gasteiger partial charge in [-0.1, -0.05) is 0 Å². The fourth-order valence-electron chi connectivity index (χ4n) is 3.95. The first-order valence-electron chi connectivity index (χ1n) is 12.2. The lowest BCUT2D eigenvalue weighted by Crippen LogP contribution is -2.32. The van der Waals surface area contributed by atoms with Crippen molar-refractivity contribution in [3.8, 4) is 33.3 Å². The molecular formula is C25H28F3N3O6S2. The van der Waals surface area contributed by atoms with Crippen LogP contribution in [0.4, 0.5) is 13.2 Å². The molecule has 0 aliphatic heterocycles. The molecule has 0 amide bonds. The summed E-state index contributed by atoms with van der Waals surface area (Å²) in [6.45, 7) is 1.87. The third-order valence-electron chi connectivity index (χ3n) is 5.82. The van der Waals surface area contributed by atoms with E-state index >= 15 is 0 Å². The Balaban J connectivity index is 1.73.